The number of hydrogen-bond donors (Lipinski definition) is 1. The second-order valence-corrected chi connectivity index (χ2v) is 8.27. The lowest BCUT2D eigenvalue weighted by Gasteiger charge is -2.31. The molecule has 1 saturated carbocycles. The van der Waals surface area contributed by atoms with Crippen LogP contribution in [0, 0.1) is 5.92 Å². The van der Waals surface area contributed by atoms with E-state index in [0.29, 0.717) is 18.3 Å². The molecule has 1 unspecified atom stereocenters. The SMILES string of the molecule is Nc1ncnc2c(C3CC(C=O)C3)cn(-c3cccc(OCC4CCCCO4)c3)c12. The van der Waals surface area contributed by atoms with Crippen molar-refractivity contribution in [2.75, 3.05) is 18.9 Å². The van der Waals surface area contributed by atoms with Crippen molar-refractivity contribution in [3.8, 4) is 11.4 Å². The number of aldehydes is 1. The minimum absolute atomic E-state index is 0.145. The number of hydrogen-bond acceptors (Lipinski definition) is 6. The molecule has 0 amide bonds. The van der Waals surface area contributed by atoms with Crippen molar-refractivity contribution in [2.24, 2.45) is 5.92 Å². The van der Waals surface area contributed by atoms with Crippen LogP contribution in [-0.4, -0.2) is 40.1 Å². The van der Waals surface area contributed by atoms with Crippen molar-refractivity contribution < 1.29 is 14.3 Å². The van der Waals surface area contributed by atoms with Crippen molar-refractivity contribution in [3.05, 3.63) is 42.4 Å². The zero-order chi connectivity index (χ0) is 20.5. The fourth-order valence-electron chi connectivity index (χ4n) is 4.49. The highest BCUT2D eigenvalue weighted by Crippen LogP contribution is 2.44. The van der Waals surface area contributed by atoms with E-state index in [0.717, 1.165) is 66.6 Å². The first-order valence-corrected chi connectivity index (χ1v) is 10.6. The predicted molar refractivity (Wildman–Crippen MR) is 114 cm³/mol. The lowest BCUT2D eigenvalue weighted by atomic mass is 9.72. The number of benzene rings is 1. The van der Waals surface area contributed by atoms with Crippen LogP contribution in [0.2, 0.25) is 0 Å². The molecule has 2 fully saturated rings. The average molecular weight is 406 g/mol. The zero-order valence-electron chi connectivity index (χ0n) is 16.9. The minimum Gasteiger partial charge on any atom is -0.491 e. The summed E-state index contributed by atoms with van der Waals surface area (Å²) in [6.45, 7) is 1.37. The Balaban J connectivity index is 1.45. The molecule has 156 valence electrons. The van der Waals surface area contributed by atoms with Gasteiger partial charge in [0, 0.05) is 30.5 Å². The van der Waals surface area contributed by atoms with Gasteiger partial charge in [0.25, 0.3) is 0 Å². The van der Waals surface area contributed by atoms with Gasteiger partial charge in [0.1, 0.15) is 30.5 Å². The quantitative estimate of drug-likeness (QED) is 0.628. The van der Waals surface area contributed by atoms with E-state index in [1.54, 1.807) is 0 Å². The summed E-state index contributed by atoms with van der Waals surface area (Å²) in [5.41, 5.74) is 9.97. The van der Waals surface area contributed by atoms with Gasteiger partial charge in [0.05, 0.1) is 11.6 Å². The number of ether oxygens (including phenoxy) is 2. The Hall–Kier alpha value is -2.93. The van der Waals surface area contributed by atoms with E-state index >= 15 is 0 Å². The highest BCUT2D eigenvalue weighted by molar-refractivity contribution is 5.90. The molecule has 2 aromatic heterocycles. The molecule has 0 bridgehead atoms. The van der Waals surface area contributed by atoms with E-state index in [4.69, 9.17) is 15.2 Å². The van der Waals surface area contributed by atoms with Gasteiger partial charge < -0.3 is 24.6 Å². The van der Waals surface area contributed by atoms with Crippen LogP contribution in [0.4, 0.5) is 5.82 Å². The maximum absolute atomic E-state index is 11.0. The van der Waals surface area contributed by atoms with Crippen LogP contribution in [0.5, 0.6) is 5.75 Å². The maximum Gasteiger partial charge on any atom is 0.151 e. The number of nitrogen functional groups attached to an aromatic ring is 1. The van der Waals surface area contributed by atoms with Crippen LogP contribution in [0.25, 0.3) is 16.7 Å². The number of aromatic nitrogens is 3. The van der Waals surface area contributed by atoms with E-state index in [9.17, 15) is 4.79 Å². The first-order valence-electron chi connectivity index (χ1n) is 10.6. The first kappa shape index (κ1) is 19.1. The van der Waals surface area contributed by atoms with Crippen LogP contribution in [-0.2, 0) is 9.53 Å². The van der Waals surface area contributed by atoms with E-state index in [2.05, 4.69) is 16.2 Å². The standard InChI is InChI=1S/C23H26N4O3/c24-23-22-21(25-14-26-23)20(16-8-15(9-16)12-28)11-27(22)17-4-3-6-18(10-17)30-13-19-5-1-2-7-29-19/h3-4,6,10-12,14-16,19H,1-2,5,7-9,13H2,(H2,24,25,26). The lowest BCUT2D eigenvalue weighted by molar-refractivity contribution is -0.113. The summed E-state index contributed by atoms with van der Waals surface area (Å²) in [4.78, 5) is 19.8. The second kappa shape index (κ2) is 8.07. The van der Waals surface area contributed by atoms with Gasteiger partial charge in [-0.15, -0.1) is 0 Å². The minimum atomic E-state index is 0.145. The molecule has 2 N–H and O–H groups in total. The third kappa shape index (κ3) is 3.54. The van der Waals surface area contributed by atoms with Gasteiger partial charge in [0.2, 0.25) is 0 Å². The number of anilines is 1. The molecule has 0 spiro atoms. The van der Waals surface area contributed by atoms with Crippen LogP contribution >= 0.6 is 0 Å². The molecule has 3 aromatic rings. The van der Waals surface area contributed by atoms with Crippen molar-refractivity contribution >= 4 is 23.1 Å². The summed E-state index contributed by atoms with van der Waals surface area (Å²) < 4.78 is 13.8. The maximum atomic E-state index is 11.0. The molecule has 0 radical (unpaired) electrons. The Morgan fingerprint density at radius 2 is 2.17 bits per heavy atom. The molecule has 30 heavy (non-hydrogen) atoms. The number of nitrogens with two attached hydrogens (primary N) is 1. The van der Waals surface area contributed by atoms with Crippen molar-refractivity contribution in [1.82, 2.24) is 14.5 Å². The molecule has 1 saturated heterocycles. The van der Waals surface area contributed by atoms with Gasteiger partial charge in [-0.3, -0.25) is 0 Å². The van der Waals surface area contributed by atoms with E-state index in [1.165, 1.54) is 12.7 Å². The molecule has 7 heteroatoms. The Morgan fingerprint density at radius 3 is 2.97 bits per heavy atom. The Kier molecular flexibility index (Phi) is 5.12. The summed E-state index contributed by atoms with van der Waals surface area (Å²) >= 11 is 0. The Morgan fingerprint density at radius 1 is 1.27 bits per heavy atom. The largest absolute Gasteiger partial charge is 0.491 e. The molecule has 1 aromatic carbocycles. The monoisotopic (exact) mass is 406 g/mol. The van der Waals surface area contributed by atoms with Gasteiger partial charge in [-0.2, -0.15) is 0 Å². The molecule has 3 heterocycles. The molecule has 5 rings (SSSR count). The first-order chi connectivity index (χ1) is 14.7. The summed E-state index contributed by atoms with van der Waals surface area (Å²) in [7, 11) is 0. The van der Waals surface area contributed by atoms with E-state index in [1.807, 2.05) is 28.8 Å². The predicted octanol–water partition coefficient (Wildman–Crippen LogP) is 3.64. The molecule has 1 atom stereocenters. The molecular weight excluding hydrogens is 380 g/mol. The third-order valence-electron chi connectivity index (χ3n) is 6.25. The highest BCUT2D eigenvalue weighted by atomic mass is 16.5. The van der Waals surface area contributed by atoms with Crippen molar-refractivity contribution in [2.45, 2.75) is 44.1 Å². The fourth-order valence-corrected chi connectivity index (χ4v) is 4.49. The van der Waals surface area contributed by atoms with Gasteiger partial charge in [0.15, 0.2) is 5.82 Å². The number of carbonyl (C=O) groups is 1. The van der Waals surface area contributed by atoms with Gasteiger partial charge in [-0.1, -0.05) is 6.07 Å². The average Bonchev–Trinajstić information content (AvgIpc) is 3.13. The molecule has 2 aliphatic rings. The number of carbonyl (C=O) groups excluding carboxylic acids is 1. The normalized spacial score (nSPS) is 23.8. The topological polar surface area (TPSA) is 92.3 Å². The molecule has 1 aliphatic heterocycles. The van der Waals surface area contributed by atoms with Crippen LogP contribution in [0.15, 0.2) is 36.8 Å². The smallest absolute Gasteiger partial charge is 0.151 e. The summed E-state index contributed by atoms with van der Waals surface area (Å²) in [5.74, 6) is 1.71. The molecular formula is C23H26N4O3. The zero-order valence-corrected chi connectivity index (χ0v) is 16.9. The van der Waals surface area contributed by atoms with Crippen molar-refractivity contribution in [1.29, 1.82) is 0 Å². The second-order valence-electron chi connectivity index (χ2n) is 8.27. The Labute approximate surface area is 175 Å². The van der Waals surface area contributed by atoms with Crippen LogP contribution < -0.4 is 10.5 Å². The number of fused-ring (bicyclic) bond motifs is 1. The summed E-state index contributed by atoms with van der Waals surface area (Å²) in [6, 6.07) is 7.96. The fraction of sp³-hybridized carbons (Fsp3) is 0.435. The van der Waals surface area contributed by atoms with E-state index < -0.39 is 0 Å². The Bertz CT molecular complexity index is 1050. The van der Waals surface area contributed by atoms with Crippen molar-refractivity contribution in [3.63, 3.8) is 0 Å². The van der Waals surface area contributed by atoms with Gasteiger partial charge >= 0.3 is 0 Å². The van der Waals surface area contributed by atoms with Crippen LogP contribution in [0.1, 0.15) is 43.6 Å². The van der Waals surface area contributed by atoms with Crippen LogP contribution in [0.3, 0.4) is 0 Å². The number of rotatable bonds is 6. The molecule has 7 nitrogen and oxygen atoms in total. The summed E-state index contributed by atoms with van der Waals surface area (Å²) in [6.07, 6.45) is 9.89. The van der Waals surface area contributed by atoms with Gasteiger partial charge in [-0.05, 0) is 55.7 Å². The van der Waals surface area contributed by atoms with E-state index in [-0.39, 0.29) is 12.0 Å². The highest BCUT2D eigenvalue weighted by Gasteiger charge is 2.33. The molecule has 1 aliphatic carbocycles. The third-order valence-corrected chi connectivity index (χ3v) is 6.25. The number of nitrogens with zero attached hydrogens (tertiary/aromatic N) is 3. The lowest BCUT2D eigenvalue weighted by Crippen LogP contribution is -2.25. The van der Waals surface area contributed by atoms with Gasteiger partial charge in [-0.25, -0.2) is 9.97 Å². The summed E-state index contributed by atoms with van der Waals surface area (Å²) in [5, 5.41) is 0.